The molecule has 0 amide bonds. The Hall–Kier alpha value is -0.160. The molecule has 1 fully saturated rings. The molecule has 0 saturated carbocycles. The number of nitrogens with one attached hydrogen (secondary N) is 1. The lowest BCUT2D eigenvalue weighted by Crippen LogP contribution is -2.57. The van der Waals surface area contributed by atoms with Crippen LogP contribution in [0.25, 0.3) is 0 Å². The predicted octanol–water partition coefficient (Wildman–Crippen LogP) is 2.26. The van der Waals surface area contributed by atoms with Crippen LogP contribution < -0.4 is 5.32 Å². The lowest BCUT2D eigenvalue weighted by atomic mass is 9.81. The van der Waals surface area contributed by atoms with Crippen LogP contribution >= 0.6 is 0 Å². The third-order valence-electron chi connectivity index (χ3n) is 4.70. The molecule has 1 aliphatic heterocycles. The molecule has 1 atom stereocenters. The number of aliphatic hydroxyl groups excluding tert-OH is 1. The number of morpholine rings is 1. The van der Waals surface area contributed by atoms with E-state index in [1.807, 2.05) is 0 Å². The monoisotopic (exact) mass is 300 g/mol. The van der Waals surface area contributed by atoms with Gasteiger partial charge in [-0.1, -0.05) is 27.7 Å². The normalized spacial score (nSPS) is 23.7. The van der Waals surface area contributed by atoms with Crippen molar-refractivity contribution >= 4 is 0 Å². The van der Waals surface area contributed by atoms with Gasteiger partial charge in [-0.3, -0.25) is 4.90 Å². The van der Waals surface area contributed by atoms with E-state index in [0.29, 0.717) is 11.5 Å². The highest BCUT2D eigenvalue weighted by atomic mass is 16.5. The van der Waals surface area contributed by atoms with E-state index in [4.69, 9.17) is 4.74 Å². The van der Waals surface area contributed by atoms with E-state index in [9.17, 15) is 5.11 Å². The standard InChI is InChI=1S/C17H36N2O2/c1-7-17(8-2,11-18-14(3)4)13-19-9-15(10-20)21-16(5,6)12-19/h14-15,18,20H,7-13H2,1-6H3. The average Bonchev–Trinajstić information content (AvgIpc) is 2.41. The van der Waals surface area contributed by atoms with Crippen LogP contribution in [0.4, 0.5) is 0 Å². The fourth-order valence-corrected chi connectivity index (χ4v) is 3.31. The lowest BCUT2D eigenvalue weighted by Gasteiger charge is -2.46. The van der Waals surface area contributed by atoms with E-state index in [1.54, 1.807) is 0 Å². The number of hydrogen-bond donors (Lipinski definition) is 2. The molecule has 0 bridgehead atoms. The van der Waals surface area contributed by atoms with E-state index in [-0.39, 0.29) is 18.3 Å². The van der Waals surface area contributed by atoms with Gasteiger partial charge < -0.3 is 15.2 Å². The van der Waals surface area contributed by atoms with Crippen LogP contribution in [-0.2, 0) is 4.74 Å². The first-order valence-corrected chi connectivity index (χ1v) is 8.50. The molecular formula is C17H36N2O2. The molecule has 0 aromatic rings. The minimum absolute atomic E-state index is 0.0572. The summed E-state index contributed by atoms with van der Waals surface area (Å²) in [4.78, 5) is 2.49. The molecule has 1 saturated heterocycles. The van der Waals surface area contributed by atoms with Crippen LogP contribution in [0.5, 0.6) is 0 Å². The second kappa shape index (κ2) is 7.91. The van der Waals surface area contributed by atoms with E-state index >= 15 is 0 Å². The summed E-state index contributed by atoms with van der Waals surface area (Å²) in [5.74, 6) is 0. The lowest BCUT2D eigenvalue weighted by molar-refractivity contribution is -0.154. The topological polar surface area (TPSA) is 44.7 Å². The molecule has 0 spiro atoms. The van der Waals surface area contributed by atoms with Crippen LogP contribution in [0, 0.1) is 5.41 Å². The molecule has 1 unspecified atom stereocenters. The molecule has 0 aromatic carbocycles. The van der Waals surface area contributed by atoms with Gasteiger partial charge in [0, 0.05) is 32.2 Å². The van der Waals surface area contributed by atoms with Crippen LogP contribution in [-0.4, -0.2) is 60.5 Å². The van der Waals surface area contributed by atoms with Gasteiger partial charge >= 0.3 is 0 Å². The zero-order valence-electron chi connectivity index (χ0n) is 14.9. The Kier molecular flexibility index (Phi) is 7.11. The van der Waals surface area contributed by atoms with E-state index in [1.165, 1.54) is 12.8 Å². The summed E-state index contributed by atoms with van der Waals surface area (Å²) in [5.41, 5.74) is 0.127. The number of ether oxygens (including phenoxy) is 1. The molecule has 1 rings (SSSR count). The first-order chi connectivity index (χ1) is 9.76. The molecule has 1 heterocycles. The van der Waals surface area contributed by atoms with E-state index in [0.717, 1.165) is 26.2 Å². The smallest absolute Gasteiger partial charge is 0.0940 e. The predicted molar refractivity (Wildman–Crippen MR) is 88.6 cm³/mol. The Labute approximate surface area is 131 Å². The fourth-order valence-electron chi connectivity index (χ4n) is 3.31. The molecule has 21 heavy (non-hydrogen) atoms. The minimum Gasteiger partial charge on any atom is -0.394 e. The van der Waals surface area contributed by atoms with Gasteiger partial charge in [0.2, 0.25) is 0 Å². The van der Waals surface area contributed by atoms with Gasteiger partial charge in [0.25, 0.3) is 0 Å². The highest BCUT2D eigenvalue weighted by Gasteiger charge is 2.37. The maximum Gasteiger partial charge on any atom is 0.0940 e. The Morgan fingerprint density at radius 2 is 1.95 bits per heavy atom. The van der Waals surface area contributed by atoms with Gasteiger partial charge in [0.05, 0.1) is 18.3 Å². The van der Waals surface area contributed by atoms with Gasteiger partial charge in [0.15, 0.2) is 0 Å². The second-order valence-electron chi connectivity index (χ2n) is 7.59. The summed E-state index contributed by atoms with van der Waals surface area (Å²) in [5, 5.41) is 13.1. The zero-order chi connectivity index (χ0) is 16.1. The average molecular weight is 300 g/mol. The summed E-state index contributed by atoms with van der Waals surface area (Å²) >= 11 is 0. The molecule has 0 radical (unpaired) electrons. The molecule has 0 aromatic heterocycles. The molecule has 0 aliphatic carbocycles. The summed E-state index contributed by atoms with van der Waals surface area (Å²) in [6.45, 7) is 17.2. The Morgan fingerprint density at radius 3 is 2.43 bits per heavy atom. The SMILES string of the molecule is CCC(CC)(CNC(C)C)CN1CC(CO)OC(C)(C)C1. The van der Waals surface area contributed by atoms with Crippen molar-refractivity contribution in [2.75, 3.05) is 32.8 Å². The van der Waals surface area contributed by atoms with Crippen LogP contribution in [0.15, 0.2) is 0 Å². The van der Waals surface area contributed by atoms with Crippen LogP contribution in [0.2, 0.25) is 0 Å². The van der Waals surface area contributed by atoms with Crippen LogP contribution in [0.3, 0.4) is 0 Å². The maximum absolute atomic E-state index is 9.47. The van der Waals surface area contributed by atoms with Crippen molar-refractivity contribution < 1.29 is 9.84 Å². The molecule has 126 valence electrons. The molecular weight excluding hydrogens is 264 g/mol. The van der Waals surface area contributed by atoms with E-state index < -0.39 is 0 Å². The van der Waals surface area contributed by atoms with Gasteiger partial charge in [0.1, 0.15) is 0 Å². The largest absolute Gasteiger partial charge is 0.394 e. The summed E-state index contributed by atoms with van der Waals surface area (Å²) < 4.78 is 5.93. The third-order valence-corrected chi connectivity index (χ3v) is 4.70. The van der Waals surface area contributed by atoms with Crippen LogP contribution in [0.1, 0.15) is 54.4 Å². The second-order valence-corrected chi connectivity index (χ2v) is 7.59. The maximum atomic E-state index is 9.47. The van der Waals surface area contributed by atoms with Crippen molar-refractivity contribution in [1.29, 1.82) is 0 Å². The Morgan fingerprint density at radius 1 is 1.33 bits per heavy atom. The van der Waals surface area contributed by atoms with Crippen molar-refractivity contribution in [3.8, 4) is 0 Å². The quantitative estimate of drug-likeness (QED) is 0.722. The van der Waals surface area contributed by atoms with Gasteiger partial charge in [-0.2, -0.15) is 0 Å². The fraction of sp³-hybridized carbons (Fsp3) is 1.00. The highest BCUT2D eigenvalue weighted by Crippen LogP contribution is 2.30. The zero-order valence-corrected chi connectivity index (χ0v) is 14.9. The molecule has 4 heteroatoms. The molecule has 1 aliphatic rings. The number of aliphatic hydroxyl groups is 1. The van der Waals surface area contributed by atoms with E-state index in [2.05, 4.69) is 51.8 Å². The molecule has 2 N–H and O–H groups in total. The number of hydrogen-bond acceptors (Lipinski definition) is 4. The van der Waals surface area contributed by atoms with Crippen molar-refractivity contribution in [3.05, 3.63) is 0 Å². The number of nitrogens with zero attached hydrogens (tertiary/aromatic N) is 1. The summed E-state index contributed by atoms with van der Waals surface area (Å²) in [6, 6.07) is 0.522. The Balaban J connectivity index is 2.72. The summed E-state index contributed by atoms with van der Waals surface area (Å²) in [6.07, 6.45) is 2.29. The third kappa shape index (κ3) is 5.85. The first kappa shape index (κ1) is 18.9. The van der Waals surface area contributed by atoms with Crippen molar-refractivity contribution in [1.82, 2.24) is 10.2 Å². The highest BCUT2D eigenvalue weighted by molar-refractivity contribution is 4.90. The van der Waals surface area contributed by atoms with Crippen molar-refractivity contribution in [2.24, 2.45) is 5.41 Å². The van der Waals surface area contributed by atoms with Gasteiger partial charge in [-0.15, -0.1) is 0 Å². The minimum atomic E-state index is -0.176. The number of rotatable bonds is 8. The van der Waals surface area contributed by atoms with Gasteiger partial charge in [-0.05, 0) is 32.1 Å². The molecule has 4 nitrogen and oxygen atoms in total. The van der Waals surface area contributed by atoms with Crippen molar-refractivity contribution in [3.63, 3.8) is 0 Å². The Bertz CT molecular complexity index is 301. The summed E-state index contributed by atoms with van der Waals surface area (Å²) in [7, 11) is 0. The van der Waals surface area contributed by atoms with Crippen molar-refractivity contribution in [2.45, 2.75) is 72.1 Å². The van der Waals surface area contributed by atoms with Gasteiger partial charge in [-0.25, -0.2) is 0 Å². The first-order valence-electron chi connectivity index (χ1n) is 8.50.